The van der Waals surface area contributed by atoms with Crippen LogP contribution in [0.5, 0.6) is 0 Å². The van der Waals surface area contributed by atoms with Crippen molar-refractivity contribution in [1.29, 1.82) is 0 Å². The van der Waals surface area contributed by atoms with Gasteiger partial charge < -0.3 is 9.32 Å². The molecule has 1 unspecified atom stereocenters. The van der Waals surface area contributed by atoms with Crippen LogP contribution in [-0.4, -0.2) is 34.5 Å². The number of nitrogens with one attached hydrogen (secondary N) is 1. The first-order valence-electron chi connectivity index (χ1n) is 5.98. The maximum atomic E-state index is 12.4. The molecule has 1 aromatic heterocycles. The van der Waals surface area contributed by atoms with Crippen LogP contribution < -0.4 is 5.32 Å². The minimum Gasteiger partial charge on any atom is -0.467 e. The van der Waals surface area contributed by atoms with Crippen LogP contribution >= 0.6 is 11.8 Å². The van der Waals surface area contributed by atoms with E-state index in [1.165, 1.54) is 0 Å². The molecular formula is C12H16N2O2S. The van der Waals surface area contributed by atoms with Gasteiger partial charge in [-0.15, -0.1) is 11.8 Å². The van der Waals surface area contributed by atoms with E-state index in [-0.39, 0.29) is 11.9 Å². The van der Waals surface area contributed by atoms with Gasteiger partial charge in [0.1, 0.15) is 5.76 Å². The molecule has 1 aromatic rings. The molecule has 3 rings (SSSR count). The third kappa shape index (κ3) is 2.50. The van der Waals surface area contributed by atoms with Gasteiger partial charge in [0.15, 0.2) is 0 Å². The van der Waals surface area contributed by atoms with Crippen molar-refractivity contribution in [2.45, 2.75) is 31.5 Å². The number of carbonyl (C=O) groups is 1. The molecule has 17 heavy (non-hydrogen) atoms. The Labute approximate surface area is 105 Å². The molecule has 2 aliphatic rings. The van der Waals surface area contributed by atoms with Crippen molar-refractivity contribution in [2.24, 2.45) is 0 Å². The first kappa shape index (κ1) is 11.2. The molecule has 4 nitrogen and oxygen atoms in total. The summed E-state index contributed by atoms with van der Waals surface area (Å²) in [5.74, 6) is 2.88. The summed E-state index contributed by atoms with van der Waals surface area (Å²) < 4.78 is 5.34. The van der Waals surface area contributed by atoms with E-state index in [2.05, 4.69) is 5.32 Å². The maximum Gasteiger partial charge on any atom is 0.241 e. The number of hydrogen-bond acceptors (Lipinski definition) is 4. The summed E-state index contributed by atoms with van der Waals surface area (Å²) in [6.07, 6.45) is 3.92. The lowest BCUT2D eigenvalue weighted by atomic mass is 10.2. The van der Waals surface area contributed by atoms with Crippen molar-refractivity contribution < 1.29 is 9.21 Å². The summed E-state index contributed by atoms with van der Waals surface area (Å²) in [6, 6.07) is 4.23. The topological polar surface area (TPSA) is 45.5 Å². The van der Waals surface area contributed by atoms with Gasteiger partial charge in [-0.25, -0.2) is 0 Å². The smallest absolute Gasteiger partial charge is 0.241 e. The average Bonchev–Trinajstić information content (AvgIpc) is 2.86. The first-order chi connectivity index (χ1) is 8.34. The minimum atomic E-state index is -0.00411. The van der Waals surface area contributed by atoms with Crippen LogP contribution in [0.15, 0.2) is 22.8 Å². The zero-order chi connectivity index (χ0) is 11.7. The van der Waals surface area contributed by atoms with E-state index in [0.29, 0.717) is 12.6 Å². The Morgan fingerprint density at radius 3 is 3.06 bits per heavy atom. The van der Waals surface area contributed by atoms with Crippen molar-refractivity contribution in [2.75, 3.05) is 11.6 Å². The van der Waals surface area contributed by atoms with E-state index in [4.69, 9.17) is 4.42 Å². The fraction of sp³-hybridized carbons (Fsp3) is 0.583. The second kappa shape index (κ2) is 4.74. The number of thioether (sulfide) groups is 1. The standard InChI is InChI=1S/C12H16N2O2S/c15-12(11-7-17-8-13-11)14(9-3-4-9)6-10-2-1-5-16-10/h1-2,5,9,11,13H,3-4,6-8H2. The molecule has 5 heteroatoms. The Hall–Kier alpha value is -0.940. The summed E-state index contributed by atoms with van der Waals surface area (Å²) in [5, 5.41) is 3.24. The van der Waals surface area contributed by atoms with Crippen molar-refractivity contribution >= 4 is 17.7 Å². The fourth-order valence-electron chi connectivity index (χ4n) is 2.10. The lowest BCUT2D eigenvalue weighted by molar-refractivity contribution is -0.134. The highest BCUT2D eigenvalue weighted by atomic mass is 32.2. The van der Waals surface area contributed by atoms with Gasteiger partial charge >= 0.3 is 0 Å². The Morgan fingerprint density at radius 1 is 1.59 bits per heavy atom. The van der Waals surface area contributed by atoms with Gasteiger partial charge in [0, 0.05) is 17.7 Å². The van der Waals surface area contributed by atoms with Gasteiger partial charge in [-0.2, -0.15) is 0 Å². The normalized spacial score (nSPS) is 23.9. The van der Waals surface area contributed by atoms with E-state index in [0.717, 1.165) is 30.2 Å². The Kier molecular flexibility index (Phi) is 3.11. The van der Waals surface area contributed by atoms with Crippen LogP contribution in [0, 0.1) is 0 Å². The molecule has 1 atom stereocenters. The highest BCUT2D eigenvalue weighted by Crippen LogP contribution is 2.29. The summed E-state index contributed by atoms with van der Waals surface area (Å²) in [6.45, 7) is 0.610. The molecule has 0 bridgehead atoms. The van der Waals surface area contributed by atoms with Crippen LogP contribution in [0.1, 0.15) is 18.6 Å². The average molecular weight is 252 g/mol. The van der Waals surface area contributed by atoms with Crippen LogP contribution in [0.3, 0.4) is 0 Å². The second-order valence-corrected chi connectivity index (χ2v) is 5.58. The second-order valence-electron chi connectivity index (χ2n) is 4.55. The predicted octanol–water partition coefficient (Wildman–Crippen LogP) is 1.43. The molecule has 0 spiro atoms. The number of nitrogens with zero attached hydrogens (tertiary/aromatic N) is 1. The zero-order valence-corrected chi connectivity index (χ0v) is 10.4. The number of rotatable bonds is 4. The first-order valence-corrected chi connectivity index (χ1v) is 7.14. The lowest BCUT2D eigenvalue weighted by Gasteiger charge is -2.24. The van der Waals surface area contributed by atoms with Crippen LogP contribution in [0.2, 0.25) is 0 Å². The molecule has 0 radical (unpaired) electrons. The van der Waals surface area contributed by atoms with E-state index in [9.17, 15) is 4.79 Å². The third-order valence-corrected chi connectivity index (χ3v) is 4.13. The maximum absolute atomic E-state index is 12.4. The van der Waals surface area contributed by atoms with Gasteiger partial charge in [-0.1, -0.05) is 0 Å². The van der Waals surface area contributed by atoms with Gasteiger partial charge in [-0.3, -0.25) is 10.1 Å². The van der Waals surface area contributed by atoms with Gasteiger partial charge in [0.25, 0.3) is 0 Å². The molecule has 92 valence electrons. The van der Waals surface area contributed by atoms with Crippen molar-refractivity contribution in [3.05, 3.63) is 24.2 Å². The largest absolute Gasteiger partial charge is 0.467 e. The van der Waals surface area contributed by atoms with E-state index in [1.54, 1.807) is 18.0 Å². The number of furan rings is 1. The van der Waals surface area contributed by atoms with E-state index >= 15 is 0 Å². The Morgan fingerprint density at radius 2 is 2.47 bits per heavy atom. The van der Waals surface area contributed by atoms with Crippen LogP contribution in [0.25, 0.3) is 0 Å². The molecule has 0 aromatic carbocycles. The number of carbonyl (C=O) groups excluding carboxylic acids is 1. The van der Waals surface area contributed by atoms with Crippen LogP contribution in [0.4, 0.5) is 0 Å². The molecule has 1 saturated carbocycles. The predicted molar refractivity (Wildman–Crippen MR) is 66.5 cm³/mol. The zero-order valence-electron chi connectivity index (χ0n) is 9.59. The quantitative estimate of drug-likeness (QED) is 0.880. The molecule has 2 fully saturated rings. The summed E-state index contributed by atoms with van der Waals surface area (Å²) >= 11 is 1.79. The summed E-state index contributed by atoms with van der Waals surface area (Å²) in [5.41, 5.74) is 0. The molecule has 1 aliphatic heterocycles. The van der Waals surface area contributed by atoms with Crippen molar-refractivity contribution in [3.63, 3.8) is 0 Å². The molecule has 1 N–H and O–H groups in total. The molecular weight excluding hydrogens is 236 g/mol. The summed E-state index contributed by atoms with van der Waals surface area (Å²) in [4.78, 5) is 14.3. The van der Waals surface area contributed by atoms with E-state index < -0.39 is 0 Å². The molecule has 2 heterocycles. The fourth-order valence-corrected chi connectivity index (χ4v) is 3.03. The third-order valence-electron chi connectivity index (χ3n) is 3.19. The van der Waals surface area contributed by atoms with E-state index in [1.807, 2.05) is 17.0 Å². The Balaban J connectivity index is 1.68. The Bertz CT molecular complexity index is 383. The number of amides is 1. The highest BCUT2D eigenvalue weighted by molar-refractivity contribution is 7.99. The summed E-state index contributed by atoms with van der Waals surface area (Å²) in [7, 11) is 0. The van der Waals surface area contributed by atoms with Crippen molar-refractivity contribution in [3.8, 4) is 0 Å². The van der Waals surface area contributed by atoms with Gasteiger partial charge in [0.2, 0.25) is 5.91 Å². The SMILES string of the molecule is O=C(C1CSCN1)N(Cc1ccco1)C1CC1. The minimum absolute atomic E-state index is 0.00411. The molecule has 1 saturated heterocycles. The monoisotopic (exact) mass is 252 g/mol. The number of hydrogen-bond donors (Lipinski definition) is 1. The van der Waals surface area contributed by atoms with Gasteiger partial charge in [-0.05, 0) is 25.0 Å². The highest BCUT2D eigenvalue weighted by Gasteiger charge is 2.37. The molecule has 1 aliphatic carbocycles. The lowest BCUT2D eigenvalue weighted by Crippen LogP contribution is -2.45. The van der Waals surface area contributed by atoms with Crippen LogP contribution in [-0.2, 0) is 11.3 Å². The van der Waals surface area contributed by atoms with Gasteiger partial charge in [0.05, 0.1) is 18.8 Å². The van der Waals surface area contributed by atoms with Crippen molar-refractivity contribution in [1.82, 2.24) is 10.2 Å². The molecule has 1 amide bonds.